The van der Waals surface area contributed by atoms with Crippen LogP contribution < -0.4 is 0 Å². The van der Waals surface area contributed by atoms with Crippen molar-refractivity contribution < 1.29 is 38.1 Å². The van der Waals surface area contributed by atoms with E-state index in [-0.39, 0.29) is 41.2 Å². The van der Waals surface area contributed by atoms with Crippen LogP contribution in [-0.4, -0.2) is 75.0 Å². The van der Waals surface area contributed by atoms with Crippen LogP contribution in [-0.2, 0) is 33.0 Å². The summed E-state index contributed by atoms with van der Waals surface area (Å²) in [4.78, 5) is 24.7. The highest BCUT2D eigenvalue weighted by atomic mass is 127. The van der Waals surface area contributed by atoms with Gasteiger partial charge in [0.2, 0.25) is 0 Å². The maximum absolute atomic E-state index is 12.8. The third-order valence-corrected chi connectivity index (χ3v) is 13.2. The Labute approximate surface area is 242 Å². The minimum absolute atomic E-state index is 0.0673. The molecule has 0 spiro atoms. The van der Waals surface area contributed by atoms with Crippen LogP contribution in [0.1, 0.15) is 66.2 Å². The Morgan fingerprint density at radius 1 is 1.21 bits per heavy atom. The zero-order chi connectivity index (χ0) is 28.4. The van der Waals surface area contributed by atoms with E-state index in [1.54, 1.807) is 0 Å². The lowest BCUT2D eigenvalue weighted by Gasteiger charge is -2.50. The molecule has 3 aliphatic heterocycles. The Morgan fingerprint density at radius 3 is 2.50 bits per heavy atom. The number of aliphatic hydroxyl groups is 1. The molecule has 0 aromatic carbocycles. The number of ether oxygens (including phenoxy) is 4. The van der Waals surface area contributed by atoms with Crippen LogP contribution in [0.3, 0.4) is 0 Å². The molecule has 4 unspecified atom stereocenters. The van der Waals surface area contributed by atoms with Crippen LogP contribution in [0.2, 0.25) is 18.1 Å². The first-order chi connectivity index (χ1) is 17.6. The smallest absolute Gasteiger partial charge is 0.308 e. The maximum atomic E-state index is 12.8. The average molecular weight is 665 g/mol. The van der Waals surface area contributed by atoms with Crippen molar-refractivity contribution in [1.29, 1.82) is 0 Å². The predicted octanol–water partition coefficient (Wildman–Crippen LogP) is 5.22. The number of fused-ring (bicyclic) bond motifs is 2. The number of rotatable bonds is 10. The van der Waals surface area contributed by atoms with Gasteiger partial charge in [-0.15, -0.1) is 0 Å². The molecule has 1 N–H and O–H groups in total. The average Bonchev–Trinajstić information content (AvgIpc) is 3.11. The Hall–Kier alpha value is -0.793. The highest BCUT2D eigenvalue weighted by molar-refractivity contribution is 14.1. The maximum Gasteiger partial charge on any atom is 0.308 e. The second kappa shape index (κ2) is 12.8. The molecule has 0 amide bonds. The lowest BCUT2D eigenvalue weighted by atomic mass is 9.88. The van der Waals surface area contributed by atoms with Gasteiger partial charge in [0.25, 0.3) is 0 Å². The van der Waals surface area contributed by atoms with E-state index in [1.807, 2.05) is 0 Å². The zero-order valence-corrected chi connectivity index (χ0v) is 27.0. The van der Waals surface area contributed by atoms with Crippen molar-refractivity contribution in [3.05, 3.63) is 22.0 Å². The molecule has 3 saturated heterocycles. The normalized spacial score (nSPS) is 33.2. The molecule has 8 atom stereocenters. The van der Waals surface area contributed by atoms with Gasteiger partial charge in [0, 0.05) is 12.5 Å². The number of methoxy groups -OCH3 is 1. The largest absolute Gasteiger partial charge is 0.486 e. The summed E-state index contributed by atoms with van der Waals surface area (Å²) < 4.78 is 31.8. The highest BCUT2D eigenvalue weighted by Crippen LogP contribution is 2.45. The van der Waals surface area contributed by atoms with Crippen LogP contribution in [0.25, 0.3) is 0 Å². The summed E-state index contributed by atoms with van der Waals surface area (Å²) in [5, 5.41) is 11.1. The second-order valence-corrected chi connectivity index (χ2v) is 18.7. The molecule has 0 radical (unpaired) electrons. The van der Waals surface area contributed by atoms with Crippen molar-refractivity contribution in [3.8, 4) is 0 Å². The molecule has 3 rings (SSSR count). The Balaban J connectivity index is 1.82. The molecule has 0 aliphatic carbocycles. The third-order valence-electron chi connectivity index (χ3n) is 8.28. The number of esters is 1. The molecular formula is C28H45IO8Si. The summed E-state index contributed by atoms with van der Waals surface area (Å²) in [5.41, 5.74) is 0. The Kier molecular flexibility index (Phi) is 10.7. The van der Waals surface area contributed by atoms with E-state index in [2.05, 4.69) is 70.0 Å². The van der Waals surface area contributed by atoms with Gasteiger partial charge in [-0.05, 0) is 75.9 Å². The fourth-order valence-corrected chi connectivity index (χ4v) is 7.10. The first-order valence-electron chi connectivity index (χ1n) is 13.6. The topological polar surface area (TPSA) is 101 Å². The van der Waals surface area contributed by atoms with E-state index >= 15 is 0 Å². The number of hydrogen-bond acceptors (Lipinski definition) is 8. The van der Waals surface area contributed by atoms with Gasteiger partial charge in [-0.1, -0.05) is 34.3 Å². The number of carbonyl (C=O) groups excluding carboxylic acids is 2. The van der Waals surface area contributed by atoms with Gasteiger partial charge in [0.1, 0.15) is 30.2 Å². The molecule has 0 aromatic rings. The number of halogens is 1. The van der Waals surface area contributed by atoms with E-state index < -0.39 is 38.8 Å². The van der Waals surface area contributed by atoms with E-state index in [0.717, 1.165) is 16.4 Å². The van der Waals surface area contributed by atoms with Crippen LogP contribution >= 0.6 is 22.6 Å². The monoisotopic (exact) mass is 664 g/mol. The summed E-state index contributed by atoms with van der Waals surface area (Å²) in [6, 6.07) is 0. The standard InChI is InChI=1S/C28H45IO8Si/c1-16(13-17(2)29)9-10-18(30)14-21-23(32)25-26(36-21)27(37-38(7,8)28(3,4)5)24-20(35-25)12-11-19(34-24)15-22(31)33-6/h14,16,19-20,23-27,32H,2,9-13,15H2,1,3-8H3/b21-14-/t16-,19?,20+,23?,24+,25+,26?,27?/m1/s1. The second-order valence-electron chi connectivity index (χ2n) is 12.5. The Bertz CT molecular complexity index is 913. The van der Waals surface area contributed by atoms with Gasteiger partial charge in [0.05, 0.1) is 25.7 Å². The molecule has 0 saturated carbocycles. The molecule has 0 aromatic heterocycles. The SMILES string of the molecule is C=C(I)C[C@H](C)CCC(=O)/C=C1\OC2C(O[Si](C)(C)C(C)(C)C)[C@H]3OC(CC(=O)OC)CC[C@@H]3O[C@H]2C1O. The molecule has 216 valence electrons. The van der Waals surface area contributed by atoms with Crippen molar-refractivity contribution in [1.82, 2.24) is 0 Å². The van der Waals surface area contributed by atoms with Gasteiger partial charge >= 0.3 is 5.97 Å². The number of aliphatic hydroxyl groups excluding tert-OH is 1. The molecule has 38 heavy (non-hydrogen) atoms. The first-order valence-corrected chi connectivity index (χ1v) is 17.6. The third kappa shape index (κ3) is 7.69. The minimum atomic E-state index is -2.29. The van der Waals surface area contributed by atoms with Crippen molar-refractivity contribution in [2.24, 2.45) is 5.92 Å². The van der Waals surface area contributed by atoms with Crippen molar-refractivity contribution >= 4 is 42.7 Å². The van der Waals surface area contributed by atoms with Gasteiger partial charge in [-0.2, -0.15) is 0 Å². The lowest BCUT2D eigenvalue weighted by molar-refractivity contribution is -0.255. The number of hydrogen-bond donors (Lipinski definition) is 1. The van der Waals surface area contributed by atoms with Crippen molar-refractivity contribution in [2.75, 3.05) is 7.11 Å². The van der Waals surface area contributed by atoms with E-state index in [9.17, 15) is 14.7 Å². The van der Waals surface area contributed by atoms with Gasteiger partial charge in [-0.25, -0.2) is 0 Å². The van der Waals surface area contributed by atoms with E-state index in [0.29, 0.717) is 25.2 Å². The van der Waals surface area contributed by atoms with Crippen molar-refractivity contribution in [2.45, 2.75) is 127 Å². The number of ketones is 1. The summed E-state index contributed by atoms with van der Waals surface area (Å²) in [7, 11) is -0.917. The summed E-state index contributed by atoms with van der Waals surface area (Å²) >= 11 is 2.21. The number of carbonyl (C=O) groups is 2. The van der Waals surface area contributed by atoms with Crippen molar-refractivity contribution in [3.63, 3.8) is 0 Å². The molecule has 10 heteroatoms. The van der Waals surface area contributed by atoms with Gasteiger partial charge in [-0.3, -0.25) is 9.59 Å². The quantitative estimate of drug-likeness (QED) is 0.147. The Morgan fingerprint density at radius 2 is 1.89 bits per heavy atom. The first kappa shape index (κ1) is 31.7. The fourth-order valence-electron chi connectivity index (χ4n) is 5.05. The molecule has 3 aliphatic rings. The predicted molar refractivity (Wildman–Crippen MR) is 155 cm³/mol. The molecule has 0 bridgehead atoms. The number of allylic oxidation sites excluding steroid dienone is 2. The fraction of sp³-hybridized carbons (Fsp3) is 0.786. The van der Waals surface area contributed by atoms with E-state index in [4.69, 9.17) is 23.4 Å². The van der Waals surface area contributed by atoms with Gasteiger partial charge in [0.15, 0.2) is 20.2 Å². The summed E-state index contributed by atoms with van der Waals surface area (Å²) in [6.45, 7) is 16.9. The molecular weight excluding hydrogens is 619 g/mol. The summed E-state index contributed by atoms with van der Waals surface area (Å²) in [5.74, 6) is 0.169. The zero-order valence-electron chi connectivity index (χ0n) is 23.8. The van der Waals surface area contributed by atoms with E-state index in [1.165, 1.54) is 13.2 Å². The van der Waals surface area contributed by atoms with Crippen LogP contribution in [0.15, 0.2) is 22.0 Å². The van der Waals surface area contributed by atoms with Crippen LogP contribution in [0.5, 0.6) is 0 Å². The summed E-state index contributed by atoms with van der Waals surface area (Å²) in [6.07, 6.45) is 0.927. The highest BCUT2D eigenvalue weighted by Gasteiger charge is 2.59. The molecule has 3 heterocycles. The minimum Gasteiger partial charge on any atom is -0.486 e. The van der Waals surface area contributed by atoms with Crippen LogP contribution in [0, 0.1) is 5.92 Å². The molecule has 3 fully saturated rings. The molecule has 8 nitrogen and oxygen atoms in total. The van der Waals surface area contributed by atoms with Gasteiger partial charge < -0.3 is 28.5 Å². The van der Waals surface area contributed by atoms with Crippen LogP contribution in [0.4, 0.5) is 0 Å². The lowest BCUT2D eigenvalue weighted by Crippen LogP contribution is -2.64.